The number of nitrogens with one attached hydrogen (secondary N) is 1. The molecular weight excluding hydrogens is 306 g/mol. The SMILES string of the molecule is COc1nc(C)c(NC(=O)COc2ccc(Cl)cc2)c(C)n1. The van der Waals surface area contributed by atoms with Gasteiger partial charge in [0, 0.05) is 5.02 Å². The largest absolute Gasteiger partial charge is 0.484 e. The lowest BCUT2D eigenvalue weighted by Crippen LogP contribution is -2.22. The van der Waals surface area contributed by atoms with Gasteiger partial charge in [-0.2, -0.15) is 9.97 Å². The van der Waals surface area contributed by atoms with Crippen molar-refractivity contribution in [3.63, 3.8) is 0 Å². The highest BCUT2D eigenvalue weighted by atomic mass is 35.5. The van der Waals surface area contributed by atoms with Crippen LogP contribution in [0.25, 0.3) is 0 Å². The molecule has 0 spiro atoms. The zero-order valence-corrected chi connectivity index (χ0v) is 13.3. The Balaban J connectivity index is 1.99. The Kier molecular flexibility index (Phi) is 5.16. The minimum atomic E-state index is -0.296. The lowest BCUT2D eigenvalue weighted by Gasteiger charge is -2.12. The second kappa shape index (κ2) is 7.09. The number of nitrogens with zero attached hydrogens (tertiary/aromatic N) is 2. The summed E-state index contributed by atoms with van der Waals surface area (Å²) in [6, 6.07) is 7.05. The summed E-state index contributed by atoms with van der Waals surface area (Å²) in [5.74, 6) is 0.272. The number of benzene rings is 1. The van der Waals surface area contributed by atoms with Crippen LogP contribution in [0, 0.1) is 13.8 Å². The molecule has 0 aliphatic heterocycles. The Hall–Kier alpha value is -2.34. The van der Waals surface area contributed by atoms with Gasteiger partial charge in [-0.05, 0) is 38.1 Å². The molecule has 0 saturated heterocycles. The molecule has 0 aliphatic rings. The predicted octanol–water partition coefficient (Wildman–Crippen LogP) is 2.77. The summed E-state index contributed by atoms with van der Waals surface area (Å²) in [6.07, 6.45) is 0. The molecule has 1 N–H and O–H groups in total. The molecule has 116 valence electrons. The molecule has 2 aromatic rings. The number of halogens is 1. The summed E-state index contributed by atoms with van der Waals surface area (Å²) in [6.45, 7) is 3.42. The number of carbonyl (C=O) groups excluding carboxylic acids is 1. The van der Waals surface area contributed by atoms with E-state index in [9.17, 15) is 4.79 Å². The molecular formula is C15H16ClN3O3. The number of ether oxygens (including phenoxy) is 2. The number of rotatable bonds is 5. The van der Waals surface area contributed by atoms with Crippen LogP contribution in [0.15, 0.2) is 24.3 Å². The maximum Gasteiger partial charge on any atom is 0.316 e. The first-order valence-corrected chi connectivity index (χ1v) is 6.95. The fourth-order valence-corrected chi connectivity index (χ4v) is 1.94. The van der Waals surface area contributed by atoms with E-state index in [-0.39, 0.29) is 18.5 Å². The summed E-state index contributed by atoms with van der Waals surface area (Å²) < 4.78 is 10.4. The molecule has 1 aromatic carbocycles. The van der Waals surface area contributed by atoms with Gasteiger partial charge in [0.2, 0.25) is 0 Å². The van der Waals surface area contributed by atoms with E-state index in [0.29, 0.717) is 27.8 Å². The number of anilines is 1. The summed E-state index contributed by atoms with van der Waals surface area (Å²) in [4.78, 5) is 20.2. The maximum absolute atomic E-state index is 12.0. The van der Waals surface area contributed by atoms with Crippen molar-refractivity contribution in [2.24, 2.45) is 0 Å². The Morgan fingerprint density at radius 2 is 1.77 bits per heavy atom. The van der Waals surface area contributed by atoms with Gasteiger partial charge < -0.3 is 14.8 Å². The molecule has 1 aromatic heterocycles. The van der Waals surface area contributed by atoms with E-state index in [1.807, 2.05) is 0 Å². The van der Waals surface area contributed by atoms with Gasteiger partial charge in [0.1, 0.15) is 5.75 Å². The topological polar surface area (TPSA) is 73.3 Å². The molecule has 7 heteroatoms. The van der Waals surface area contributed by atoms with Gasteiger partial charge in [-0.15, -0.1) is 0 Å². The summed E-state index contributed by atoms with van der Waals surface area (Å²) >= 11 is 5.78. The third-order valence-electron chi connectivity index (χ3n) is 2.88. The van der Waals surface area contributed by atoms with Crippen LogP contribution in [0.5, 0.6) is 11.8 Å². The molecule has 0 atom stereocenters. The molecule has 0 bridgehead atoms. The lowest BCUT2D eigenvalue weighted by atomic mass is 10.3. The highest BCUT2D eigenvalue weighted by Crippen LogP contribution is 2.19. The van der Waals surface area contributed by atoms with E-state index in [4.69, 9.17) is 21.1 Å². The fourth-order valence-electron chi connectivity index (χ4n) is 1.81. The molecule has 0 aliphatic carbocycles. The number of aryl methyl sites for hydroxylation is 2. The highest BCUT2D eigenvalue weighted by Gasteiger charge is 2.12. The molecule has 0 saturated carbocycles. The Morgan fingerprint density at radius 1 is 1.18 bits per heavy atom. The first-order valence-electron chi connectivity index (χ1n) is 6.57. The fraction of sp³-hybridized carbons (Fsp3) is 0.267. The third-order valence-corrected chi connectivity index (χ3v) is 3.13. The smallest absolute Gasteiger partial charge is 0.316 e. The average molecular weight is 322 g/mol. The van der Waals surface area contributed by atoms with Gasteiger partial charge in [-0.25, -0.2) is 0 Å². The second-order valence-corrected chi connectivity index (χ2v) is 4.98. The summed E-state index contributed by atoms with van der Waals surface area (Å²) in [5.41, 5.74) is 1.82. The van der Waals surface area contributed by atoms with E-state index in [2.05, 4.69) is 15.3 Å². The van der Waals surface area contributed by atoms with Gasteiger partial charge in [-0.1, -0.05) is 11.6 Å². The monoisotopic (exact) mass is 321 g/mol. The van der Waals surface area contributed by atoms with E-state index in [1.165, 1.54) is 7.11 Å². The van der Waals surface area contributed by atoms with Crippen molar-refractivity contribution in [3.8, 4) is 11.8 Å². The number of hydrogen-bond donors (Lipinski definition) is 1. The molecule has 6 nitrogen and oxygen atoms in total. The van der Waals surface area contributed by atoms with Crippen molar-refractivity contribution in [1.29, 1.82) is 0 Å². The van der Waals surface area contributed by atoms with Gasteiger partial charge >= 0.3 is 6.01 Å². The highest BCUT2D eigenvalue weighted by molar-refractivity contribution is 6.30. The zero-order chi connectivity index (χ0) is 16.1. The molecule has 22 heavy (non-hydrogen) atoms. The van der Waals surface area contributed by atoms with Gasteiger partial charge in [0.05, 0.1) is 24.2 Å². The molecule has 2 rings (SSSR count). The van der Waals surface area contributed by atoms with Crippen LogP contribution in [-0.2, 0) is 4.79 Å². The van der Waals surface area contributed by atoms with Crippen LogP contribution in [-0.4, -0.2) is 29.6 Å². The molecule has 0 fully saturated rings. The van der Waals surface area contributed by atoms with Crippen LogP contribution >= 0.6 is 11.6 Å². The summed E-state index contributed by atoms with van der Waals surface area (Å²) in [7, 11) is 1.49. The minimum Gasteiger partial charge on any atom is -0.484 e. The molecule has 1 heterocycles. The van der Waals surface area contributed by atoms with Crippen LogP contribution < -0.4 is 14.8 Å². The lowest BCUT2D eigenvalue weighted by molar-refractivity contribution is -0.118. The first kappa shape index (κ1) is 16.0. The van der Waals surface area contributed by atoms with Crippen LogP contribution in [0.3, 0.4) is 0 Å². The standard InChI is InChI=1S/C15H16ClN3O3/c1-9-14(10(2)18-15(17-9)21-3)19-13(20)8-22-12-6-4-11(16)5-7-12/h4-7H,8H2,1-3H3,(H,19,20). The van der Waals surface area contributed by atoms with Crippen LogP contribution in [0.1, 0.15) is 11.4 Å². The molecule has 1 amide bonds. The van der Waals surface area contributed by atoms with Crippen molar-refractivity contribution >= 4 is 23.2 Å². The number of amides is 1. The van der Waals surface area contributed by atoms with E-state index in [0.717, 1.165) is 0 Å². The molecule has 0 unspecified atom stereocenters. The van der Waals surface area contributed by atoms with Gasteiger partial charge in [0.15, 0.2) is 6.61 Å². The number of carbonyl (C=O) groups is 1. The quantitative estimate of drug-likeness (QED) is 0.916. The molecule has 0 radical (unpaired) electrons. The van der Waals surface area contributed by atoms with Crippen molar-refractivity contribution in [2.45, 2.75) is 13.8 Å². The number of aromatic nitrogens is 2. The number of hydrogen-bond acceptors (Lipinski definition) is 5. The van der Waals surface area contributed by atoms with Crippen molar-refractivity contribution in [3.05, 3.63) is 40.7 Å². The predicted molar refractivity (Wildman–Crippen MR) is 83.6 cm³/mol. The third kappa shape index (κ3) is 4.08. The van der Waals surface area contributed by atoms with Crippen LogP contribution in [0.2, 0.25) is 5.02 Å². The average Bonchev–Trinajstić information content (AvgIpc) is 2.50. The summed E-state index contributed by atoms with van der Waals surface area (Å²) in [5, 5.41) is 3.35. The van der Waals surface area contributed by atoms with E-state index >= 15 is 0 Å². The minimum absolute atomic E-state index is 0.119. The van der Waals surface area contributed by atoms with Gasteiger partial charge in [0.25, 0.3) is 5.91 Å². The van der Waals surface area contributed by atoms with Crippen molar-refractivity contribution < 1.29 is 14.3 Å². The van der Waals surface area contributed by atoms with E-state index in [1.54, 1.807) is 38.1 Å². The van der Waals surface area contributed by atoms with Crippen molar-refractivity contribution in [2.75, 3.05) is 19.0 Å². The van der Waals surface area contributed by atoms with Crippen molar-refractivity contribution in [1.82, 2.24) is 9.97 Å². The second-order valence-electron chi connectivity index (χ2n) is 4.55. The van der Waals surface area contributed by atoms with Crippen LogP contribution in [0.4, 0.5) is 5.69 Å². The Labute approximate surface area is 133 Å². The van der Waals surface area contributed by atoms with E-state index < -0.39 is 0 Å². The first-order chi connectivity index (χ1) is 10.5. The number of methoxy groups -OCH3 is 1. The zero-order valence-electron chi connectivity index (χ0n) is 12.5. The maximum atomic E-state index is 12.0. The van der Waals surface area contributed by atoms with Gasteiger partial charge in [-0.3, -0.25) is 4.79 Å². The normalized spacial score (nSPS) is 10.2. The Morgan fingerprint density at radius 3 is 2.32 bits per heavy atom. The Bertz CT molecular complexity index is 651.